The van der Waals surface area contributed by atoms with E-state index in [1.807, 2.05) is 37.4 Å². The van der Waals surface area contributed by atoms with Gasteiger partial charge in [0, 0.05) is 17.4 Å². The van der Waals surface area contributed by atoms with E-state index in [-0.39, 0.29) is 11.9 Å². The number of nitrogens with two attached hydrogens (primary N) is 1. The number of anilines is 1. The molecule has 0 spiro atoms. The highest BCUT2D eigenvalue weighted by atomic mass is 16.1. The number of carbonyl (C=O) groups is 1. The van der Waals surface area contributed by atoms with Gasteiger partial charge in [-0.25, -0.2) is 9.97 Å². The molecule has 0 fully saturated rings. The van der Waals surface area contributed by atoms with E-state index in [1.54, 1.807) is 0 Å². The number of hydrogen-bond donors (Lipinski definition) is 2. The minimum atomic E-state index is -0.205. The van der Waals surface area contributed by atoms with Gasteiger partial charge in [0.05, 0.1) is 34.7 Å². The quantitative estimate of drug-likeness (QED) is 0.518. The van der Waals surface area contributed by atoms with Gasteiger partial charge in [-0.2, -0.15) is 0 Å². The van der Waals surface area contributed by atoms with E-state index in [0.717, 1.165) is 44.5 Å². The van der Waals surface area contributed by atoms with Crippen LogP contribution in [0, 0.1) is 0 Å². The van der Waals surface area contributed by atoms with Crippen molar-refractivity contribution in [2.45, 2.75) is 19.4 Å². The highest BCUT2D eigenvalue weighted by Crippen LogP contribution is 2.38. The molecule has 1 amide bonds. The van der Waals surface area contributed by atoms with Crippen molar-refractivity contribution >= 4 is 39.2 Å². The molecule has 7 nitrogen and oxygen atoms in total. The molecule has 0 bridgehead atoms. The van der Waals surface area contributed by atoms with E-state index in [9.17, 15) is 4.79 Å². The van der Waals surface area contributed by atoms with Crippen LogP contribution in [-0.4, -0.2) is 31.5 Å². The Kier molecular flexibility index (Phi) is 4.10. The smallest absolute Gasteiger partial charge is 0.243 e. The Morgan fingerprint density at radius 3 is 2.97 bits per heavy atom. The van der Waals surface area contributed by atoms with Crippen LogP contribution >= 0.6 is 0 Å². The van der Waals surface area contributed by atoms with Crippen molar-refractivity contribution in [2.24, 2.45) is 0 Å². The van der Waals surface area contributed by atoms with Crippen LogP contribution in [-0.2, 0) is 11.2 Å². The number of nitrogen functional groups attached to an aromatic ring is 1. The number of nitrogens with zero attached hydrogens (tertiary/aromatic N) is 4. The normalized spacial score (nSPS) is 15.6. The Morgan fingerprint density at radius 1 is 1.30 bits per heavy atom. The average Bonchev–Trinajstić information content (AvgIpc) is 3.09. The number of amides is 1. The third kappa shape index (κ3) is 2.75. The summed E-state index contributed by atoms with van der Waals surface area (Å²) in [4.78, 5) is 25.2. The van der Waals surface area contributed by atoms with Crippen molar-refractivity contribution in [3.8, 4) is 5.69 Å². The third-order valence-electron chi connectivity index (χ3n) is 5.47. The molecule has 0 saturated heterocycles. The largest absolute Gasteiger partial charge is 0.382 e. The molecule has 1 aliphatic rings. The van der Waals surface area contributed by atoms with Gasteiger partial charge in [-0.05, 0) is 30.7 Å². The van der Waals surface area contributed by atoms with Gasteiger partial charge in [0.15, 0.2) is 5.82 Å². The van der Waals surface area contributed by atoms with Gasteiger partial charge in [0.25, 0.3) is 0 Å². The van der Waals surface area contributed by atoms with Gasteiger partial charge in [-0.1, -0.05) is 30.9 Å². The van der Waals surface area contributed by atoms with Crippen molar-refractivity contribution in [3.63, 3.8) is 0 Å². The fourth-order valence-electron chi connectivity index (χ4n) is 4.23. The molecule has 0 radical (unpaired) electrons. The second-order valence-corrected chi connectivity index (χ2v) is 7.38. The Balaban J connectivity index is 1.77. The Hall–Kier alpha value is -4.00. The number of nitrogens with one attached hydrogen (secondary N) is 1. The number of rotatable bonds is 3. The van der Waals surface area contributed by atoms with Gasteiger partial charge in [-0.3, -0.25) is 9.78 Å². The molecule has 3 heterocycles. The van der Waals surface area contributed by atoms with Gasteiger partial charge >= 0.3 is 0 Å². The maximum atomic E-state index is 11.9. The first kappa shape index (κ1) is 18.1. The molecular formula is C23H20N6O. The maximum absolute atomic E-state index is 11.9. The Bertz CT molecular complexity index is 1370. The number of benzene rings is 1. The Morgan fingerprint density at radius 2 is 2.13 bits per heavy atom. The van der Waals surface area contributed by atoms with Crippen LogP contribution in [0.2, 0.25) is 0 Å². The van der Waals surface area contributed by atoms with Crippen LogP contribution in [0.4, 0.5) is 5.82 Å². The molecule has 148 valence electrons. The summed E-state index contributed by atoms with van der Waals surface area (Å²) < 4.78 is 2.08. The predicted octanol–water partition coefficient (Wildman–Crippen LogP) is 3.18. The lowest BCUT2D eigenvalue weighted by molar-refractivity contribution is -0.116. The summed E-state index contributed by atoms with van der Waals surface area (Å²) >= 11 is 0. The minimum absolute atomic E-state index is 0.145. The topological polar surface area (TPSA) is 98.7 Å². The lowest BCUT2D eigenvalue weighted by Gasteiger charge is -2.22. The summed E-state index contributed by atoms with van der Waals surface area (Å²) in [5.74, 6) is 0.200. The predicted molar refractivity (Wildman–Crippen MR) is 118 cm³/mol. The van der Waals surface area contributed by atoms with Gasteiger partial charge in [0.2, 0.25) is 5.91 Å². The van der Waals surface area contributed by atoms with Crippen LogP contribution in [0.15, 0.2) is 61.6 Å². The van der Waals surface area contributed by atoms with E-state index in [0.29, 0.717) is 12.2 Å². The summed E-state index contributed by atoms with van der Waals surface area (Å²) in [6.45, 7) is 5.56. The van der Waals surface area contributed by atoms with Crippen molar-refractivity contribution in [2.75, 3.05) is 5.73 Å². The minimum Gasteiger partial charge on any atom is -0.382 e. The van der Waals surface area contributed by atoms with Crippen molar-refractivity contribution < 1.29 is 4.79 Å². The summed E-state index contributed by atoms with van der Waals surface area (Å²) in [7, 11) is 0. The fraction of sp³-hybridized carbons (Fsp3) is 0.130. The van der Waals surface area contributed by atoms with Gasteiger partial charge in [0.1, 0.15) is 11.8 Å². The van der Waals surface area contributed by atoms with Crippen LogP contribution < -0.4 is 11.1 Å². The summed E-state index contributed by atoms with van der Waals surface area (Å²) in [6.07, 6.45) is 7.26. The number of pyridine rings is 1. The van der Waals surface area contributed by atoms with Crippen LogP contribution in [0.1, 0.15) is 18.2 Å². The second kappa shape index (κ2) is 6.81. The van der Waals surface area contributed by atoms with Crippen molar-refractivity contribution in [1.29, 1.82) is 0 Å². The molecular weight excluding hydrogens is 376 g/mol. The van der Waals surface area contributed by atoms with Crippen LogP contribution in [0.5, 0.6) is 0 Å². The number of hydrogen-bond acceptors (Lipinski definition) is 5. The second-order valence-electron chi connectivity index (χ2n) is 7.38. The molecule has 1 atom stereocenters. The number of para-hydroxylation sites is 1. The molecule has 0 saturated carbocycles. The summed E-state index contributed by atoms with van der Waals surface area (Å²) in [5, 5.41) is 4.00. The Labute approximate surface area is 173 Å². The monoisotopic (exact) mass is 396 g/mol. The lowest BCUT2D eigenvalue weighted by atomic mass is 9.93. The highest BCUT2D eigenvalue weighted by Gasteiger charge is 2.28. The SMILES string of the molecule is C=CC(=O)N[C@@H]1C=C(C)c2c(c3ncnc(N)c3n2-c2cnc3ccccc3c2)C1. The molecule has 0 unspecified atom stereocenters. The molecule has 0 aliphatic heterocycles. The van der Waals surface area contributed by atoms with E-state index in [4.69, 9.17) is 5.73 Å². The first-order valence-electron chi connectivity index (χ1n) is 9.67. The van der Waals surface area contributed by atoms with Crippen molar-refractivity contribution in [3.05, 3.63) is 72.8 Å². The molecule has 3 N–H and O–H groups in total. The zero-order chi connectivity index (χ0) is 20.8. The van der Waals surface area contributed by atoms with Crippen LogP contribution in [0.3, 0.4) is 0 Å². The molecule has 30 heavy (non-hydrogen) atoms. The fourth-order valence-corrected chi connectivity index (χ4v) is 4.23. The third-order valence-corrected chi connectivity index (χ3v) is 5.47. The maximum Gasteiger partial charge on any atom is 0.243 e. The van der Waals surface area contributed by atoms with E-state index >= 15 is 0 Å². The molecule has 1 aromatic carbocycles. The highest BCUT2D eigenvalue weighted by molar-refractivity contribution is 5.96. The van der Waals surface area contributed by atoms with Crippen molar-refractivity contribution in [1.82, 2.24) is 24.8 Å². The van der Waals surface area contributed by atoms with Gasteiger partial charge in [-0.15, -0.1) is 0 Å². The van der Waals surface area contributed by atoms with E-state index < -0.39 is 0 Å². The molecule has 4 aromatic rings. The molecule has 7 heteroatoms. The van der Waals surface area contributed by atoms with Gasteiger partial charge < -0.3 is 15.6 Å². The summed E-state index contributed by atoms with van der Waals surface area (Å²) in [5.41, 5.74) is 12.7. The zero-order valence-electron chi connectivity index (χ0n) is 16.5. The lowest BCUT2D eigenvalue weighted by Crippen LogP contribution is -2.35. The van der Waals surface area contributed by atoms with Crippen LogP contribution in [0.25, 0.3) is 33.2 Å². The van der Waals surface area contributed by atoms with E-state index in [2.05, 4.69) is 43.6 Å². The number of allylic oxidation sites excluding steroid dienone is 1. The molecule has 3 aromatic heterocycles. The number of aromatic nitrogens is 4. The summed E-state index contributed by atoms with van der Waals surface area (Å²) in [6, 6.07) is 9.93. The first-order chi connectivity index (χ1) is 14.6. The number of fused-ring (bicyclic) bond motifs is 4. The standard InChI is InChI=1S/C23H20N6O/c1-3-19(30)28-15-8-13(2)21-17(10-15)20-22(23(24)27-12-26-20)29(21)16-9-14-6-4-5-7-18(14)25-11-16/h3-9,11-12,15H,1,10H2,2H3,(H,28,30)(H2,24,26,27)/t15-/m1/s1. The molecule has 1 aliphatic carbocycles. The average molecular weight is 396 g/mol. The van der Waals surface area contributed by atoms with E-state index in [1.165, 1.54) is 12.4 Å². The first-order valence-corrected chi connectivity index (χ1v) is 9.67. The molecule has 5 rings (SSSR count). The zero-order valence-corrected chi connectivity index (χ0v) is 16.5. The number of carbonyl (C=O) groups excluding carboxylic acids is 1.